The zero-order chi connectivity index (χ0) is 19.1. The first kappa shape index (κ1) is 17.7. The molecule has 4 heterocycles. The molecule has 0 unspecified atom stereocenters. The van der Waals surface area contributed by atoms with E-state index in [0.29, 0.717) is 6.04 Å². The van der Waals surface area contributed by atoms with Crippen molar-refractivity contribution in [1.29, 1.82) is 0 Å². The van der Waals surface area contributed by atoms with Crippen LogP contribution in [0.15, 0.2) is 42.2 Å². The van der Waals surface area contributed by atoms with Crippen molar-refractivity contribution in [1.82, 2.24) is 19.9 Å². The number of aromatic nitrogens is 3. The van der Waals surface area contributed by atoms with Gasteiger partial charge in [-0.05, 0) is 50.1 Å². The third-order valence-corrected chi connectivity index (χ3v) is 7.14. The molecule has 0 amide bonds. The summed E-state index contributed by atoms with van der Waals surface area (Å²) < 4.78 is 1.19. The molecule has 5 nitrogen and oxygen atoms in total. The van der Waals surface area contributed by atoms with Gasteiger partial charge in [-0.15, -0.1) is 22.7 Å². The Balaban J connectivity index is 1.46. The molecule has 7 heteroatoms. The molecular formula is C21H21N5S2. The minimum absolute atomic E-state index is 0.594. The average Bonchev–Trinajstić information content (AvgIpc) is 3.35. The van der Waals surface area contributed by atoms with Gasteiger partial charge in [0.1, 0.15) is 17.0 Å². The largest absolute Gasteiger partial charge is 0.340 e. The third kappa shape index (κ3) is 3.30. The standard InChI is InChI=1S/C21H21N5S2/c1-13(2)26-7-5-14(6-8-26)19-10-16-20(22-11-23-21(16)28-19)25-15-3-4-18-17(9-15)24-12-27-18/h3-5,9-13H,6-8H2,1-2H3,(H,22,23,25). The van der Waals surface area contributed by atoms with Crippen LogP contribution in [0.3, 0.4) is 0 Å². The molecular weight excluding hydrogens is 386 g/mol. The first-order valence-corrected chi connectivity index (χ1v) is 11.2. The summed E-state index contributed by atoms with van der Waals surface area (Å²) in [5.41, 5.74) is 5.31. The molecule has 0 atom stereocenters. The SMILES string of the molecule is CC(C)N1CC=C(c2cc3c(Nc4ccc5scnc5c4)ncnc3s2)CC1. The van der Waals surface area contributed by atoms with Crippen LogP contribution in [0.4, 0.5) is 11.5 Å². The number of thiophene rings is 1. The molecule has 0 saturated heterocycles. The highest BCUT2D eigenvalue weighted by molar-refractivity contribution is 7.19. The monoisotopic (exact) mass is 407 g/mol. The lowest BCUT2D eigenvalue weighted by molar-refractivity contribution is 0.245. The topological polar surface area (TPSA) is 53.9 Å². The molecule has 4 aromatic rings. The van der Waals surface area contributed by atoms with Gasteiger partial charge in [-0.1, -0.05) is 6.08 Å². The predicted molar refractivity (Wildman–Crippen MR) is 120 cm³/mol. The third-order valence-electron chi connectivity index (χ3n) is 5.21. The van der Waals surface area contributed by atoms with Gasteiger partial charge in [0.25, 0.3) is 0 Å². The molecule has 1 aliphatic rings. The van der Waals surface area contributed by atoms with E-state index in [1.807, 2.05) is 5.51 Å². The normalized spacial score (nSPS) is 15.5. The van der Waals surface area contributed by atoms with E-state index in [4.69, 9.17) is 0 Å². The van der Waals surface area contributed by atoms with Gasteiger partial charge in [-0.2, -0.15) is 0 Å². The summed E-state index contributed by atoms with van der Waals surface area (Å²) in [6.07, 6.45) is 5.09. The average molecular weight is 408 g/mol. The Labute approximate surface area is 171 Å². The van der Waals surface area contributed by atoms with Crippen LogP contribution in [-0.4, -0.2) is 39.0 Å². The Hall–Kier alpha value is -2.35. The number of anilines is 2. The Morgan fingerprint density at radius 1 is 1.14 bits per heavy atom. The van der Waals surface area contributed by atoms with Crippen molar-refractivity contribution in [3.63, 3.8) is 0 Å². The van der Waals surface area contributed by atoms with E-state index in [-0.39, 0.29) is 0 Å². The molecule has 3 aromatic heterocycles. The van der Waals surface area contributed by atoms with Crippen LogP contribution in [0.25, 0.3) is 26.0 Å². The number of thiazole rings is 1. The quantitative estimate of drug-likeness (QED) is 0.481. The first-order valence-electron chi connectivity index (χ1n) is 9.45. The van der Waals surface area contributed by atoms with Crippen molar-refractivity contribution in [2.45, 2.75) is 26.3 Å². The van der Waals surface area contributed by atoms with Crippen molar-refractivity contribution < 1.29 is 0 Å². The smallest absolute Gasteiger partial charge is 0.142 e. The van der Waals surface area contributed by atoms with E-state index in [0.717, 1.165) is 46.7 Å². The lowest BCUT2D eigenvalue weighted by Gasteiger charge is -2.29. The molecule has 142 valence electrons. The van der Waals surface area contributed by atoms with E-state index in [1.54, 1.807) is 29.0 Å². The zero-order valence-electron chi connectivity index (χ0n) is 15.8. The van der Waals surface area contributed by atoms with Gasteiger partial charge in [-0.25, -0.2) is 15.0 Å². The number of fused-ring (bicyclic) bond motifs is 2. The Morgan fingerprint density at radius 2 is 2.07 bits per heavy atom. The second kappa shape index (κ2) is 7.24. The highest BCUT2D eigenvalue weighted by Gasteiger charge is 2.18. The molecule has 1 N–H and O–H groups in total. The second-order valence-electron chi connectivity index (χ2n) is 7.28. The molecule has 0 aliphatic carbocycles. The van der Waals surface area contributed by atoms with Gasteiger partial charge in [0.2, 0.25) is 0 Å². The lowest BCUT2D eigenvalue weighted by Crippen LogP contribution is -2.34. The molecule has 0 bridgehead atoms. The second-order valence-corrected chi connectivity index (χ2v) is 9.20. The van der Waals surface area contributed by atoms with Gasteiger partial charge in [0, 0.05) is 29.7 Å². The zero-order valence-corrected chi connectivity index (χ0v) is 17.5. The van der Waals surface area contributed by atoms with Gasteiger partial charge in [0.05, 0.1) is 21.1 Å². The summed E-state index contributed by atoms with van der Waals surface area (Å²) in [6, 6.07) is 9.07. The fraction of sp³-hybridized carbons (Fsp3) is 0.286. The molecule has 0 saturated carbocycles. The maximum absolute atomic E-state index is 4.50. The molecule has 0 spiro atoms. The number of nitrogens with zero attached hydrogens (tertiary/aromatic N) is 4. The lowest BCUT2D eigenvalue weighted by atomic mass is 10.1. The van der Waals surface area contributed by atoms with Crippen molar-refractivity contribution in [3.05, 3.63) is 47.1 Å². The van der Waals surface area contributed by atoms with Crippen LogP contribution in [0, 0.1) is 0 Å². The van der Waals surface area contributed by atoms with Crippen LogP contribution < -0.4 is 5.32 Å². The predicted octanol–water partition coefficient (Wildman–Crippen LogP) is 5.54. The highest BCUT2D eigenvalue weighted by atomic mass is 32.1. The molecule has 5 rings (SSSR count). The van der Waals surface area contributed by atoms with E-state index in [9.17, 15) is 0 Å². The Bertz CT molecular complexity index is 1170. The number of hydrogen-bond acceptors (Lipinski definition) is 7. The summed E-state index contributed by atoms with van der Waals surface area (Å²) in [6.45, 7) is 6.65. The van der Waals surface area contributed by atoms with Crippen molar-refractivity contribution >= 4 is 60.2 Å². The minimum atomic E-state index is 0.594. The van der Waals surface area contributed by atoms with Crippen molar-refractivity contribution in [2.75, 3.05) is 18.4 Å². The molecule has 28 heavy (non-hydrogen) atoms. The Morgan fingerprint density at radius 3 is 2.89 bits per heavy atom. The van der Waals surface area contributed by atoms with E-state index < -0.39 is 0 Å². The van der Waals surface area contributed by atoms with Crippen molar-refractivity contribution in [3.8, 4) is 0 Å². The maximum Gasteiger partial charge on any atom is 0.142 e. The van der Waals surface area contributed by atoms with Crippen LogP contribution in [0.1, 0.15) is 25.1 Å². The fourth-order valence-electron chi connectivity index (χ4n) is 3.56. The highest BCUT2D eigenvalue weighted by Crippen LogP contribution is 2.36. The number of nitrogens with one attached hydrogen (secondary N) is 1. The number of benzene rings is 1. The van der Waals surface area contributed by atoms with Crippen LogP contribution in [-0.2, 0) is 0 Å². The maximum atomic E-state index is 4.50. The van der Waals surface area contributed by atoms with E-state index in [2.05, 4.69) is 69.4 Å². The van der Waals surface area contributed by atoms with Gasteiger partial charge in [-0.3, -0.25) is 4.90 Å². The summed E-state index contributed by atoms with van der Waals surface area (Å²) in [7, 11) is 0. The summed E-state index contributed by atoms with van der Waals surface area (Å²) in [5.74, 6) is 0.849. The molecule has 1 aliphatic heterocycles. The Kier molecular flexibility index (Phi) is 4.58. The van der Waals surface area contributed by atoms with Crippen LogP contribution in [0.2, 0.25) is 0 Å². The van der Waals surface area contributed by atoms with Gasteiger partial charge >= 0.3 is 0 Å². The fourth-order valence-corrected chi connectivity index (χ4v) is 5.29. The van der Waals surface area contributed by atoms with Crippen LogP contribution in [0.5, 0.6) is 0 Å². The van der Waals surface area contributed by atoms with Gasteiger partial charge < -0.3 is 5.32 Å². The molecule has 0 fully saturated rings. The summed E-state index contributed by atoms with van der Waals surface area (Å²) >= 11 is 3.41. The molecule has 0 radical (unpaired) electrons. The minimum Gasteiger partial charge on any atom is -0.340 e. The van der Waals surface area contributed by atoms with E-state index in [1.165, 1.54) is 15.2 Å². The van der Waals surface area contributed by atoms with Crippen LogP contribution >= 0.6 is 22.7 Å². The molecule has 1 aromatic carbocycles. The van der Waals surface area contributed by atoms with E-state index >= 15 is 0 Å². The number of rotatable bonds is 4. The van der Waals surface area contributed by atoms with Crippen molar-refractivity contribution in [2.24, 2.45) is 0 Å². The van der Waals surface area contributed by atoms with Gasteiger partial charge in [0.15, 0.2) is 0 Å². The number of hydrogen-bond donors (Lipinski definition) is 1. The summed E-state index contributed by atoms with van der Waals surface area (Å²) in [4.78, 5) is 18.2. The first-order chi connectivity index (χ1) is 13.7. The summed E-state index contributed by atoms with van der Waals surface area (Å²) in [5, 5.41) is 4.54.